The average Bonchev–Trinajstić information content (AvgIpc) is 1.83. The van der Waals surface area contributed by atoms with Crippen LogP contribution in [0.15, 0.2) is 16.8 Å². The van der Waals surface area contributed by atoms with E-state index in [1.165, 1.54) is 0 Å². The molecule has 0 spiro atoms. The SMILES string of the molecule is CC1=CCN(C(C)(C)C)C(C)=N1. The maximum absolute atomic E-state index is 4.43. The summed E-state index contributed by atoms with van der Waals surface area (Å²) in [7, 11) is 0. The molecule has 0 aromatic heterocycles. The van der Waals surface area contributed by atoms with Crippen LogP contribution in [0.3, 0.4) is 0 Å². The summed E-state index contributed by atoms with van der Waals surface area (Å²) in [5, 5.41) is 0. The summed E-state index contributed by atoms with van der Waals surface area (Å²) in [6.45, 7) is 11.7. The fourth-order valence-electron chi connectivity index (χ4n) is 1.48. The molecule has 0 radical (unpaired) electrons. The Morgan fingerprint density at radius 2 is 1.92 bits per heavy atom. The van der Waals surface area contributed by atoms with Gasteiger partial charge in [0, 0.05) is 17.8 Å². The molecule has 0 aliphatic carbocycles. The number of amidine groups is 1. The molecule has 1 heterocycles. The fourth-order valence-corrected chi connectivity index (χ4v) is 1.48. The van der Waals surface area contributed by atoms with E-state index in [2.05, 4.69) is 43.7 Å². The Morgan fingerprint density at radius 1 is 1.33 bits per heavy atom. The van der Waals surface area contributed by atoms with Gasteiger partial charge in [0.05, 0.1) is 0 Å². The monoisotopic (exact) mass is 166 g/mol. The van der Waals surface area contributed by atoms with E-state index in [4.69, 9.17) is 0 Å². The molecule has 0 aromatic carbocycles. The van der Waals surface area contributed by atoms with E-state index in [9.17, 15) is 0 Å². The molecule has 0 fully saturated rings. The van der Waals surface area contributed by atoms with Crippen molar-refractivity contribution >= 4 is 5.84 Å². The Labute approximate surface area is 75.0 Å². The highest BCUT2D eigenvalue weighted by atomic mass is 15.2. The Hall–Kier alpha value is -0.790. The Bertz CT molecular complexity index is 231. The Balaban J connectivity index is 2.82. The smallest absolute Gasteiger partial charge is 0.102 e. The van der Waals surface area contributed by atoms with Crippen molar-refractivity contribution < 1.29 is 0 Å². The highest BCUT2D eigenvalue weighted by Crippen LogP contribution is 2.18. The predicted molar refractivity (Wildman–Crippen MR) is 53.3 cm³/mol. The first-order valence-corrected chi connectivity index (χ1v) is 4.41. The van der Waals surface area contributed by atoms with Gasteiger partial charge < -0.3 is 4.90 Å². The zero-order valence-corrected chi connectivity index (χ0v) is 8.68. The first-order valence-electron chi connectivity index (χ1n) is 4.41. The van der Waals surface area contributed by atoms with Crippen LogP contribution in [0, 0.1) is 0 Å². The van der Waals surface area contributed by atoms with E-state index in [1.807, 2.05) is 6.92 Å². The topological polar surface area (TPSA) is 15.6 Å². The molecule has 0 saturated carbocycles. The molecule has 68 valence electrons. The van der Waals surface area contributed by atoms with Crippen LogP contribution in [-0.4, -0.2) is 22.8 Å². The summed E-state index contributed by atoms with van der Waals surface area (Å²) >= 11 is 0. The molecule has 1 aliphatic rings. The molecule has 0 saturated heterocycles. The molecule has 0 aromatic rings. The number of hydrogen-bond donors (Lipinski definition) is 0. The van der Waals surface area contributed by atoms with E-state index in [1.54, 1.807) is 0 Å². The van der Waals surface area contributed by atoms with Gasteiger partial charge in [0.2, 0.25) is 0 Å². The fraction of sp³-hybridized carbons (Fsp3) is 0.700. The zero-order valence-electron chi connectivity index (χ0n) is 8.68. The van der Waals surface area contributed by atoms with Crippen molar-refractivity contribution in [3.63, 3.8) is 0 Å². The maximum Gasteiger partial charge on any atom is 0.102 e. The van der Waals surface area contributed by atoms with Crippen LogP contribution in [0.1, 0.15) is 34.6 Å². The number of allylic oxidation sites excluding steroid dienone is 1. The minimum absolute atomic E-state index is 0.185. The van der Waals surface area contributed by atoms with E-state index < -0.39 is 0 Å². The van der Waals surface area contributed by atoms with Crippen LogP contribution < -0.4 is 0 Å². The van der Waals surface area contributed by atoms with Crippen molar-refractivity contribution in [3.05, 3.63) is 11.8 Å². The van der Waals surface area contributed by atoms with Crippen LogP contribution in [0.25, 0.3) is 0 Å². The second kappa shape index (κ2) is 2.92. The standard InChI is InChI=1S/C10H18N2/c1-8-6-7-12(9(2)11-8)10(3,4)5/h6H,7H2,1-5H3. The summed E-state index contributed by atoms with van der Waals surface area (Å²) in [6.07, 6.45) is 2.16. The predicted octanol–water partition coefficient (Wildman–Crippen LogP) is 2.42. The average molecular weight is 166 g/mol. The molecule has 0 atom stereocenters. The lowest BCUT2D eigenvalue weighted by atomic mass is 10.1. The Kier molecular flexibility index (Phi) is 2.27. The van der Waals surface area contributed by atoms with Crippen LogP contribution >= 0.6 is 0 Å². The van der Waals surface area contributed by atoms with Crippen molar-refractivity contribution in [2.75, 3.05) is 6.54 Å². The van der Waals surface area contributed by atoms with Gasteiger partial charge in [0.1, 0.15) is 5.84 Å². The molecular formula is C10H18N2. The molecule has 0 amide bonds. The molecule has 2 heteroatoms. The van der Waals surface area contributed by atoms with Gasteiger partial charge in [-0.2, -0.15) is 0 Å². The lowest BCUT2D eigenvalue weighted by Crippen LogP contribution is -2.45. The molecule has 1 rings (SSSR count). The summed E-state index contributed by atoms with van der Waals surface area (Å²) in [5.74, 6) is 1.13. The summed E-state index contributed by atoms with van der Waals surface area (Å²) < 4.78 is 0. The first kappa shape index (κ1) is 9.30. The first-order chi connectivity index (χ1) is 5.41. The molecule has 1 aliphatic heterocycles. The van der Waals surface area contributed by atoms with E-state index >= 15 is 0 Å². The van der Waals surface area contributed by atoms with Gasteiger partial charge in [0.25, 0.3) is 0 Å². The van der Waals surface area contributed by atoms with Gasteiger partial charge >= 0.3 is 0 Å². The van der Waals surface area contributed by atoms with Crippen molar-refractivity contribution in [2.24, 2.45) is 4.99 Å². The molecule has 0 N–H and O–H groups in total. The lowest BCUT2D eigenvalue weighted by Gasteiger charge is -2.38. The molecule has 2 nitrogen and oxygen atoms in total. The third kappa shape index (κ3) is 1.87. The van der Waals surface area contributed by atoms with Crippen LogP contribution in [0.5, 0.6) is 0 Å². The second-order valence-electron chi connectivity index (χ2n) is 4.29. The van der Waals surface area contributed by atoms with Gasteiger partial charge in [-0.05, 0) is 40.7 Å². The summed E-state index contributed by atoms with van der Waals surface area (Å²) in [4.78, 5) is 6.74. The summed E-state index contributed by atoms with van der Waals surface area (Å²) in [6, 6.07) is 0. The minimum atomic E-state index is 0.185. The van der Waals surface area contributed by atoms with Crippen LogP contribution in [-0.2, 0) is 0 Å². The largest absolute Gasteiger partial charge is 0.352 e. The minimum Gasteiger partial charge on any atom is -0.352 e. The number of aliphatic imine (C=N–C) groups is 1. The quantitative estimate of drug-likeness (QED) is 0.539. The van der Waals surface area contributed by atoms with Gasteiger partial charge in [-0.15, -0.1) is 0 Å². The summed E-state index contributed by atoms with van der Waals surface area (Å²) in [5.41, 5.74) is 1.32. The molecule has 0 bridgehead atoms. The molecule has 0 unspecified atom stereocenters. The van der Waals surface area contributed by atoms with Gasteiger partial charge in [-0.1, -0.05) is 0 Å². The van der Waals surface area contributed by atoms with Crippen molar-refractivity contribution in [2.45, 2.75) is 40.2 Å². The van der Waals surface area contributed by atoms with Crippen LogP contribution in [0.2, 0.25) is 0 Å². The molecular weight excluding hydrogens is 148 g/mol. The van der Waals surface area contributed by atoms with Crippen molar-refractivity contribution in [1.82, 2.24) is 4.90 Å². The highest BCUT2D eigenvalue weighted by Gasteiger charge is 2.22. The molecule has 12 heavy (non-hydrogen) atoms. The van der Waals surface area contributed by atoms with E-state index in [0.717, 1.165) is 18.1 Å². The van der Waals surface area contributed by atoms with Crippen molar-refractivity contribution in [3.8, 4) is 0 Å². The number of nitrogens with zero attached hydrogens (tertiary/aromatic N) is 2. The Morgan fingerprint density at radius 3 is 2.33 bits per heavy atom. The van der Waals surface area contributed by atoms with Gasteiger partial charge in [-0.3, -0.25) is 0 Å². The second-order valence-corrected chi connectivity index (χ2v) is 4.29. The van der Waals surface area contributed by atoms with E-state index in [-0.39, 0.29) is 5.54 Å². The van der Waals surface area contributed by atoms with Gasteiger partial charge in [0.15, 0.2) is 0 Å². The maximum atomic E-state index is 4.43. The number of rotatable bonds is 0. The third-order valence-electron chi connectivity index (χ3n) is 2.11. The third-order valence-corrected chi connectivity index (χ3v) is 2.11. The lowest BCUT2D eigenvalue weighted by molar-refractivity contribution is 0.253. The van der Waals surface area contributed by atoms with Crippen molar-refractivity contribution in [1.29, 1.82) is 0 Å². The van der Waals surface area contributed by atoms with E-state index in [0.29, 0.717) is 0 Å². The van der Waals surface area contributed by atoms with Gasteiger partial charge in [-0.25, -0.2) is 4.99 Å². The highest BCUT2D eigenvalue weighted by molar-refractivity contribution is 5.82. The zero-order chi connectivity index (χ0) is 9.35. The number of hydrogen-bond acceptors (Lipinski definition) is 2. The normalized spacial score (nSPS) is 18.9. The van der Waals surface area contributed by atoms with Crippen LogP contribution in [0.4, 0.5) is 0 Å².